The number of hydrogen-bond acceptors (Lipinski definition) is 4. The Labute approximate surface area is 128 Å². The SMILES string of the molecule is CNC(CO)(CN1CCC(C)C(OC)C1)c1ccccc1. The molecule has 0 saturated carbocycles. The molecule has 3 unspecified atom stereocenters. The normalized spacial score (nSPS) is 26.5. The van der Waals surface area contributed by atoms with Crippen molar-refractivity contribution in [2.45, 2.75) is 25.0 Å². The van der Waals surface area contributed by atoms with Crippen molar-refractivity contribution < 1.29 is 9.84 Å². The molecule has 4 heteroatoms. The van der Waals surface area contributed by atoms with Gasteiger partial charge in [0.15, 0.2) is 0 Å². The van der Waals surface area contributed by atoms with Crippen LogP contribution in [-0.4, -0.2) is 56.5 Å². The van der Waals surface area contributed by atoms with Crippen LogP contribution in [0.2, 0.25) is 0 Å². The van der Waals surface area contributed by atoms with E-state index in [2.05, 4.69) is 29.3 Å². The number of nitrogens with one attached hydrogen (secondary N) is 1. The zero-order valence-corrected chi connectivity index (χ0v) is 13.4. The molecule has 21 heavy (non-hydrogen) atoms. The molecule has 0 spiro atoms. The lowest BCUT2D eigenvalue weighted by molar-refractivity contribution is -0.0179. The van der Waals surface area contributed by atoms with E-state index in [1.54, 1.807) is 7.11 Å². The number of ether oxygens (including phenoxy) is 1. The summed E-state index contributed by atoms with van der Waals surface area (Å²) in [7, 11) is 3.71. The summed E-state index contributed by atoms with van der Waals surface area (Å²) in [5.41, 5.74) is 0.711. The summed E-state index contributed by atoms with van der Waals surface area (Å²) < 4.78 is 5.60. The summed E-state index contributed by atoms with van der Waals surface area (Å²) in [6.07, 6.45) is 1.42. The summed E-state index contributed by atoms with van der Waals surface area (Å²) in [6, 6.07) is 10.2. The Hall–Kier alpha value is -0.940. The molecule has 4 nitrogen and oxygen atoms in total. The maximum absolute atomic E-state index is 10.0. The Morgan fingerprint density at radius 3 is 2.67 bits per heavy atom. The molecule has 1 aliphatic rings. The Bertz CT molecular complexity index is 420. The summed E-state index contributed by atoms with van der Waals surface area (Å²) in [6.45, 7) is 5.10. The van der Waals surface area contributed by atoms with E-state index >= 15 is 0 Å². The number of piperidine rings is 1. The minimum Gasteiger partial charge on any atom is -0.394 e. The van der Waals surface area contributed by atoms with Crippen LogP contribution < -0.4 is 5.32 Å². The topological polar surface area (TPSA) is 44.7 Å². The number of aliphatic hydroxyl groups excluding tert-OH is 1. The van der Waals surface area contributed by atoms with Gasteiger partial charge in [-0.1, -0.05) is 37.3 Å². The van der Waals surface area contributed by atoms with Crippen LogP contribution in [0.1, 0.15) is 18.9 Å². The number of rotatable bonds is 6. The molecule has 1 heterocycles. The number of hydrogen-bond donors (Lipinski definition) is 2. The van der Waals surface area contributed by atoms with Crippen molar-refractivity contribution in [1.29, 1.82) is 0 Å². The number of aliphatic hydroxyl groups is 1. The van der Waals surface area contributed by atoms with E-state index in [1.165, 1.54) is 0 Å². The Morgan fingerprint density at radius 2 is 2.10 bits per heavy atom. The first-order chi connectivity index (χ1) is 10.1. The van der Waals surface area contributed by atoms with Gasteiger partial charge < -0.3 is 15.2 Å². The number of nitrogens with zero attached hydrogens (tertiary/aromatic N) is 1. The fourth-order valence-corrected chi connectivity index (χ4v) is 3.22. The Balaban J connectivity index is 2.13. The summed E-state index contributed by atoms with van der Waals surface area (Å²) in [5.74, 6) is 0.598. The van der Waals surface area contributed by atoms with Gasteiger partial charge in [0, 0.05) is 20.2 Å². The van der Waals surface area contributed by atoms with Crippen molar-refractivity contribution in [2.75, 3.05) is 40.4 Å². The van der Waals surface area contributed by atoms with E-state index in [-0.39, 0.29) is 12.7 Å². The molecule has 118 valence electrons. The van der Waals surface area contributed by atoms with E-state index in [4.69, 9.17) is 4.74 Å². The van der Waals surface area contributed by atoms with Gasteiger partial charge >= 0.3 is 0 Å². The molecule has 0 bridgehead atoms. The third-order valence-electron chi connectivity index (χ3n) is 4.84. The van der Waals surface area contributed by atoms with Gasteiger partial charge in [0.2, 0.25) is 0 Å². The monoisotopic (exact) mass is 292 g/mol. The zero-order valence-electron chi connectivity index (χ0n) is 13.4. The molecular formula is C17H28N2O2. The summed E-state index contributed by atoms with van der Waals surface area (Å²) in [4.78, 5) is 2.40. The first kappa shape index (κ1) is 16.4. The molecule has 0 aromatic heterocycles. The molecule has 2 rings (SSSR count). The highest BCUT2D eigenvalue weighted by Crippen LogP contribution is 2.26. The molecule has 1 aromatic carbocycles. The van der Waals surface area contributed by atoms with E-state index < -0.39 is 5.54 Å². The molecule has 3 atom stereocenters. The molecule has 1 saturated heterocycles. The van der Waals surface area contributed by atoms with Crippen LogP contribution in [-0.2, 0) is 10.3 Å². The molecule has 2 N–H and O–H groups in total. The van der Waals surface area contributed by atoms with Gasteiger partial charge in [-0.3, -0.25) is 4.90 Å². The van der Waals surface area contributed by atoms with Crippen molar-refractivity contribution in [3.63, 3.8) is 0 Å². The van der Waals surface area contributed by atoms with Crippen LogP contribution in [0.3, 0.4) is 0 Å². The number of likely N-dealkylation sites (tertiary alicyclic amines) is 1. The van der Waals surface area contributed by atoms with Crippen LogP contribution in [0.25, 0.3) is 0 Å². The highest BCUT2D eigenvalue weighted by atomic mass is 16.5. The lowest BCUT2D eigenvalue weighted by atomic mass is 9.88. The number of benzene rings is 1. The van der Waals surface area contributed by atoms with Crippen LogP contribution in [0.15, 0.2) is 30.3 Å². The first-order valence-electron chi connectivity index (χ1n) is 7.75. The molecule has 0 aliphatic carbocycles. The molecule has 0 amide bonds. The van der Waals surface area contributed by atoms with Gasteiger partial charge in [0.05, 0.1) is 18.2 Å². The van der Waals surface area contributed by atoms with Gasteiger partial charge in [-0.25, -0.2) is 0 Å². The van der Waals surface area contributed by atoms with Gasteiger partial charge in [0.1, 0.15) is 0 Å². The largest absolute Gasteiger partial charge is 0.394 e. The third kappa shape index (κ3) is 3.64. The van der Waals surface area contributed by atoms with Crippen LogP contribution in [0.4, 0.5) is 0 Å². The predicted molar refractivity (Wildman–Crippen MR) is 85.3 cm³/mol. The minimum atomic E-state index is -0.417. The van der Waals surface area contributed by atoms with Crippen LogP contribution in [0, 0.1) is 5.92 Å². The fraction of sp³-hybridized carbons (Fsp3) is 0.647. The van der Waals surface area contributed by atoms with E-state index in [0.29, 0.717) is 5.92 Å². The highest BCUT2D eigenvalue weighted by molar-refractivity contribution is 5.25. The quantitative estimate of drug-likeness (QED) is 0.833. The fourth-order valence-electron chi connectivity index (χ4n) is 3.22. The third-order valence-corrected chi connectivity index (χ3v) is 4.84. The zero-order chi connectivity index (χ0) is 15.3. The van der Waals surface area contributed by atoms with Gasteiger partial charge in [-0.2, -0.15) is 0 Å². The second-order valence-electron chi connectivity index (χ2n) is 6.13. The van der Waals surface area contributed by atoms with Crippen molar-refractivity contribution in [2.24, 2.45) is 5.92 Å². The maximum atomic E-state index is 10.0. The molecule has 1 aliphatic heterocycles. The lowest BCUT2D eigenvalue weighted by Crippen LogP contribution is -2.55. The molecular weight excluding hydrogens is 264 g/mol. The van der Waals surface area contributed by atoms with Crippen molar-refractivity contribution in [1.82, 2.24) is 10.2 Å². The second-order valence-corrected chi connectivity index (χ2v) is 6.13. The predicted octanol–water partition coefficient (Wildman–Crippen LogP) is 1.45. The second kappa shape index (κ2) is 7.36. The molecule has 0 radical (unpaired) electrons. The number of methoxy groups -OCH3 is 1. The van der Waals surface area contributed by atoms with Crippen molar-refractivity contribution in [3.05, 3.63) is 35.9 Å². The van der Waals surface area contributed by atoms with Crippen LogP contribution >= 0.6 is 0 Å². The highest BCUT2D eigenvalue weighted by Gasteiger charge is 2.35. The first-order valence-corrected chi connectivity index (χ1v) is 7.75. The minimum absolute atomic E-state index is 0.0806. The Kier molecular flexibility index (Phi) is 5.76. The smallest absolute Gasteiger partial charge is 0.0795 e. The van der Waals surface area contributed by atoms with Crippen LogP contribution in [0.5, 0.6) is 0 Å². The molecule has 1 fully saturated rings. The average molecular weight is 292 g/mol. The van der Waals surface area contributed by atoms with Crippen molar-refractivity contribution in [3.8, 4) is 0 Å². The standard InChI is InChI=1S/C17H28N2O2/c1-14-9-10-19(11-16(14)21-3)12-17(13-20,18-2)15-7-5-4-6-8-15/h4-8,14,16,18,20H,9-13H2,1-3H3. The van der Waals surface area contributed by atoms with Gasteiger partial charge in [-0.15, -0.1) is 0 Å². The summed E-state index contributed by atoms with van der Waals surface area (Å²) in [5, 5.41) is 13.4. The van der Waals surface area contributed by atoms with Crippen molar-refractivity contribution >= 4 is 0 Å². The lowest BCUT2D eigenvalue weighted by Gasteiger charge is -2.42. The Morgan fingerprint density at radius 1 is 1.38 bits per heavy atom. The summed E-state index contributed by atoms with van der Waals surface area (Å²) >= 11 is 0. The maximum Gasteiger partial charge on any atom is 0.0795 e. The van der Waals surface area contributed by atoms with E-state index in [0.717, 1.165) is 31.6 Å². The van der Waals surface area contributed by atoms with E-state index in [1.807, 2.05) is 25.2 Å². The van der Waals surface area contributed by atoms with Gasteiger partial charge in [0.25, 0.3) is 0 Å². The van der Waals surface area contributed by atoms with Gasteiger partial charge in [-0.05, 0) is 31.5 Å². The molecule has 1 aromatic rings. The number of likely N-dealkylation sites (N-methyl/N-ethyl adjacent to an activating group) is 1. The average Bonchev–Trinajstić information content (AvgIpc) is 2.55. The van der Waals surface area contributed by atoms with E-state index in [9.17, 15) is 5.11 Å².